The minimum Gasteiger partial charge on any atom is -0.454 e. The molecular formula is C21H24N2O5S. The van der Waals surface area contributed by atoms with Crippen LogP contribution in [0.15, 0.2) is 36.4 Å². The van der Waals surface area contributed by atoms with Crippen LogP contribution in [0.2, 0.25) is 0 Å². The number of hydrogen-bond acceptors (Lipinski definition) is 5. The van der Waals surface area contributed by atoms with Crippen molar-refractivity contribution < 1.29 is 22.7 Å². The molecule has 29 heavy (non-hydrogen) atoms. The van der Waals surface area contributed by atoms with Crippen LogP contribution < -0.4 is 4.72 Å². The lowest BCUT2D eigenvalue weighted by molar-refractivity contribution is -0.136. The highest BCUT2D eigenvalue weighted by atomic mass is 32.2. The SMILES string of the molecule is Cc1cc(/C=C/C(=O)OCC(=O)c2ccc(NS(C)(=O)=O)cc2)c(C)n1C1CC1. The first-order valence-corrected chi connectivity index (χ1v) is 11.2. The molecule has 1 aromatic heterocycles. The molecule has 154 valence electrons. The molecule has 2 aromatic rings. The summed E-state index contributed by atoms with van der Waals surface area (Å²) in [5.74, 6) is -0.963. The zero-order chi connectivity index (χ0) is 21.2. The number of nitrogens with one attached hydrogen (secondary N) is 1. The van der Waals surface area contributed by atoms with Crippen LogP contribution in [0.1, 0.15) is 46.2 Å². The van der Waals surface area contributed by atoms with E-state index < -0.39 is 16.0 Å². The Morgan fingerprint density at radius 1 is 1.21 bits per heavy atom. The van der Waals surface area contributed by atoms with Crippen molar-refractivity contribution in [1.29, 1.82) is 0 Å². The number of rotatable bonds is 8. The van der Waals surface area contributed by atoms with E-state index in [1.54, 1.807) is 6.08 Å². The van der Waals surface area contributed by atoms with Gasteiger partial charge in [0.2, 0.25) is 10.0 Å². The second-order valence-corrected chi connectivity index (χ2v) is 8.99. The summed E-state index contributed by atoms with van der Waals surface area (Å²) in [4.78, 5) is 24.1. The third-order valence-corrected chi connectivity index (χ3v) is 5.30. The summed E-state index contributed by atoms with van der Waals surface area (Å²) in [7, 11) is -3.38. The van der Waals surface area contributed by atoms with Crippen LogP contribution in [0.25, 0.3) is 6.08 Å². The zero-order valence-electron chi connectivity index (χ0n) is 16.6. The maximum Gasteiger partial charge on any atom is 0.331 e. The third kappa shape index (κ3) is 5.57. The van der Waals surface area contributed by atoms with E-state index in [0.29, 0.717) is 17.3 Å². The van der Waals surface area contributed by atoms with Crippen LogP contribution in [0, 0.1) is 13.8 Å². The Morgan fingerprint density at radius 2 is 1.86 bits per heavy atom. The highest BCUT2D eigenvalue weighted by molar-refractivity contribution is 7.92. The van der Waals surface area contributed by atoms with Gasteiger partial charge in [-0.2, -0.15) is 0 Å². The van der Waals surface area contributed by atoms with Crippen molar-refractivity contribution in [1.82, 2.24) is 4.57 Å². The standard InChI is InChI=1S/C21H24N2O5S/c1-14-12-17(15(2)23(14)19-9-10-19)6-11-21(25)28-13-20(24)16-4-7-18(8-5-16)22-29(3,26)27/h4-8,11-12,19,22H,9-10,13H2,1-3H3/b11-6+. The number of benzene rings is 1. The molecule has 0 bridgehead atoms. The molecule has 1 N–H and O–H groups in total. The predicted octanol–water partition coefficient (Wildman–Crippen LogP) is 3.25. The fourth-order valence-electron chi connectivity index (χ4n) is 3.23. The third-order valence-electron chi connectivity index (χ3n) is 4.69. The number of hydrogen-bond donors (Lipinski definition) is 1. The van der Waals surface area contributed by atoms with Gasteiger partial charge in [-0.1, -0.05) is 0 Å². The summed E-state index contributed by atoms with van der Waals surface area (Å²) < 4.78 is 32.0. The van der Waals surface area contributed by atoms with Gasteiger partial charge >= 0.3 is 5.97 Å². The molecule has 3 rings (SSSR count). The monoisotopic (exact) mass is 416 g/mol. The zero-order valence-corrected chi connectivity index (χ0v) is 17.5. The van der Waals surface area contributed by atoms with Crippen LogP contribution in [0.4, 0.5) is 5.69 Å². The molecule has 1 aliphatic rings. The molecule has 0 radical (unpaired) electrons. The summed E-state index contributed by atoms with van der Waals surface area (Å²) in [6.07, 6.45) is 6.46. The van der Waals surface area contributed by atoms with E-state index in [0.717, 1.165) is 17.5 Å². The highest BCUT2D eigenvalue weighted by Gasteiger charge is 2.26. The second kappa shape index (κ2) is 8.24. The number of anilines is 1. The maximum absolute atomic E-state index is 12.2. The van der Waals surface area contributed by atoms with E-state index >= 15 is 0 Å². The fraction of sp³-hybridized carbons (Fsp3) is 0.333. The van der Waals surface area contributed by atoms with Crippen LogP contribution in [-0.2, 0) is 19.6 Å². The number of ether oxygens (including phenoxy) is 1. The van der Waals surface area contributed by atoms with E-state index in [4.69, 9.17) is 4.74 Å². The van der Waals surface area contributed by atoms with Crippen molar-refractivity contribution in [2.45, 2.75) is 32.7 Å². The fourth-order valence-corrected chi connectivity index (χ4v) is 3.79. The molecule has 1 saturated carbocycles. The number of esters is 1. The number of ketones is 1. The molecule has 1 aliphatic carbocycles. The smallest absolute Gasteiger partial charge is 0.331 e. The topological polar surface area (TPSA) is 94.5 Å². The van der Waals surface area contributed by atoms with Gasteiger partial charge in [0, 0.05) is 34.8 Å². The van der Waals surface area contributed by atoms with E-state index in [9.17, 15) is 18.0 Å². The van der Waals surface area contributed by atoms with Gasteiger partial charge in [0.05, 0.1) is 6.26 Å². The van der Waals surface area contributed by atoms with Gasteiger partial charge in [0.1, 0.15) is 0 Å². The Hall–Kier alpha value is -2.87. The van der Waals surface area contributed by atoms with Crippen molar-refractivity contribution in [2.75, 3.05) is 17.6 Å². The predicted molar refractivity (Wildman–Crippen MR) is 111 cm³/mol. The van der Waals surface area contributed by atoms with E-state index in [2.05, 4.69) is 16.2 Å². The number of carbonyl (C=O) groups is 2. The molecule has 0 saturated heterocycles. The summed E-state index contributed by atoms with van der Waals surface area (Å²) in [6, 6.07) is 8.52. The molecule has 1 fully saturated rings. The maximum atomic E-state index is 12.2. The summed E-state index contributed by atoms with van der Waals surface area (Å²) in [6.45, 7) is 3.70. The minimum absolute atomic E-state index is 0.328. The van der Waals surface area contributed by atoms with Crippen molar-refractivity contribution in [3.8, 4) is 0 Å². The van der Waals surface area contributed by atoms with Crippen LogP contribution >= 0.6 is 0 Å². The lowest BCUT2D eigenvalue weighted by Crippen LogP contribution is -2.13. The Morgan fingerprint density at radius 3 is 2.45 bits per heavy atom. The van der Waals surface area contributed by atoms with Gasteiger partial charge in [0.25, 0.3) is 0 Å². The van der Waals surface area contributed by atoms with Gasteiger partial charge in [-0.25, -0.2) is 13.2 Å². The molecule has 7 nitrogen and oxygen atoms in total. The molecule has 1 heterocycles. The van der Waals surface area contributed by atoms with E-state index in [1.165, 1.54) is 48.9 Å². The van der Waals surface area contributed by atoms with Crippen LogP contribution in [0.3, 0.4) is 0 Å². The molecular weight excluding hydrogens is 392 g/mol. The lowest BCUT2D eigenvalue weighted by atomic mass is 10.1. The molecule has 0 unspecified atom stereocenters. The minimum atomic E-state index is -3.38. The summed E-state index contributed by atoms with van der Waals surface area (Å²) in [5.41, 5.74) is 3.93. The average molecular weight is 416 g/mol. The molecule has 0 spiro atoms. The number of sulfonamides is 1. The molecule has 0 aliphatic heterocycles. The lowest BCUT2D eigenvalue weighted by Gasteiger charge is -2.06. The molecule has 0 amide bonds. The first-order valence-electron chi connectivity index (χ1n) is 9.28. The number of Topliss-reactive ketones (excluding diaryl/α,β-unsaturated/α-hetero) is 1. The van der Waals surface area contributed by atoms with Crippen LogP contribution in [0.5, 0.6) is 0 Å². The van der Waals surface area contributed by atoms with Gasteiger partial charge in [-0.15, -0.1) is 0 Å². The number of carbonyl (C=O) groups excluding carboxylic acids is 2. The normalized spacial score (nSPS) is 14.2. The van der Waals surface area contributed by atoms with Crippen molar-refractivity contribution in [2.24, 2.45) is 0 Å². The number of aryl methyl sites for hydroxylation is 1. The summed E-state index contributed by atoms with van der Waals surface area (Å²) >= 11 is 0. The average Bonchev–Trinajstić information content (AvgIpc) is 3.43. The quantitative estimate of drug-likeness (QED) is 0.405. The molecule has 8 heteroatoms. The Labute approximate surface area is 170 Å². The van der Waals surface area contributed by atoms with Crippen molar-refractivity contribution >= 4 is 33.5 Å². The summed E-state index contributed by atoms with van der Waals surface area (Å²) in [5, 5.41) is 0. The largest absolute Gasteiger partial charge is 0.454 e. The van der Waals surface area contributed by atoms with Crippen LogP contribution in [-0.4, -0.2) is 37.6 Å². The van der Waals surface area contributed by atoms with Gasteiger partial charge < -0.3 is 9.30 Å². The second-order valence-electron chi connectivity index (χ2n) is 7.24. The molecule has 1 aromatic carbocycles. The van der Waals surface area contributed by atoms with Crippen molar-refractivity contribution in [3.05, 3.63) is 58.9 Å². The van der Waals surface area contributed by atoms with Gasteiger partial charge in [-0.05, 0) is 68.7 Å². The Bertz CT molecular complexity index is 1060. The van der Waals surface area contributed by atoms with E-state index in [-0.39, 0.29) is 12.4 Å². The Kier molecular flexibility index (Phi) is 5.93. The number of aromatic nitrogens is 1. The highest BCUT2D eigenvalue weighted by Crippen LogP contribution is 2.38. The van der Waals surface area contributed by atoms with Crippen molar-refractivity contribution in [3.63, 3.8) is 0 Å². The number of nitrogens with zero attached hydrogens (tertiary/aromatic N) is 1. The van der Waals surface area contributed by atoms with Gasteiger partial charge in [0.15, 0.2) is 12.4 Å². The first kappa shape index (κ1) is 20.9. The molecule has 0 atom stereocenters. The Balaban J connectivity index is 1.54. The first-order chi connectivity index (χ1) is 13.6. The van der Waals surface area contributed by atoms with E-state index in [1.807, 2.05) is 13.0 Å². The van der Waals surface area contributed by atoms with Gasteiger partial charge in [-0.3, -0.25) is 9.52 Å².